The second kappa shape index (κ2) is 5.64. The number of rotatable bonds is 6. The summed E-state index contributed by atoms with van der Waals surface area (Å²) in [4.78, 5) is 0. The van der Waals surface area contributed by atoms with Gasteiger partial charge in [-0.1, -0.05) is 23.7 Å². The highest BCUT2D eigenvalue weighted by Gasteiger charge is 2.69. The fourth-order valence-corrected chi connectivity index (χ4v) is 5.31. The molecule has 4 nitrogen and oxygen atoms in total. The van der Waals surface area contributed by atoms with Crippen LogP contribution in [0.4, 0.5) is 0 Å². The molecule has 1 aromatic rings. The molecule has 0 amide bonds. The molecule has 6 heteroatoms. The van der Waals surface area contributed by atoms with Crippen LogP contribution in [0.1, 0.15) is 18.4 Å². The third kappa shape index (κ3) is 2.72. The molecule has 1 saturated carbocycles. The van der Waals surface area contributed by atoms with Crippen molar-refractivity contribution >= 4 is 21.4 Å². The molecule has 0 heterocycles. The fraction of sp³-hybridized carbons (Fsp3) is 0.571. The van der Waals surface area contributed by atoms with Gasteiger partial charge in [0.1, 0.15) is 0 Å². The van der Waals surface area contributed by atoms with Crippen LogP contribution < -0.4 is 5.73 Å². The van der Waals surface area contributed by atoms with Crippen LogP contribution >= 0.6 is 11.6 Å². The van der Waals surface area contributed by atoms with Gasteiger partial charge in [0.05, 0.1) is 11.9 Å². The van der Waals surface area contributed by atoms with Crippen LogP contribution in [-0.4, -0.2) is 39.7 Å². The van der Waals surface area contributed by atoms with Gasteiger partial charge >= 0.3 is 0 Å². The van der Waals surface area contributed by atoms with Gasteiger partial charge in [0.25, 0.3) is 0 Å². The van der Waals surface area contributed by atoms with Crippen LogP contribution in [0.2, 0.25) is 5.02 Å². The van der Waals surface area contributed by atoms with E-state index in [2.05, 4.69) is 0 Å². The molecule has 0 aromatic heterocycles. The zero-order chi connectivity index (χ0) is 15.0. The maximum absolute atomic E-state index is 12.1. The Balaban J connectivity index is 2.39. The third-order valence-electron chi connectivity index (χ3n) is 4.00. The van der Waals surface area contributed by atoms with Crippen molar-refractivity contribution in [2.24, 2.45) is 11.1 Å². The summed E-state index contributed by atoms with van der Waals surface area (Å²) in [5.74, 6) is -0.146. The zero-order valence-electron chi connectivity index (χ0n) is 11.7. The first-order valence-electron chi connectivity index (χ1n) is 6.59. The Labute approximate surface area is 125 Å². The minimum atomic E-state index is -3.19. The van der Waals surface area contributed by atoms with E-state index in [1.54, 1.807) is 6.07 Å². The van der Waals surface area contributed by atoms with Crippen molar-refractivity contribution in [2.75, 3.05) is 26.0 Å². The molecule has 1 aliphatic carbocycles. The molecule has 0 spiro atoms. The van der Waals surface area contributed by atoms with Gasteiger partial charge in [-0.3, -0.25) is 0 Å². The molecule has 2 N–H and O–H groups in total. The fourth-order valence-electron chi connectivity index (χ4n) is 3.10. The number of halogens is 1. The van der Waals surface area contributed by atoms with Gasteiger partial charge in [-0.2, -0.15) is 0 Å². The molecule has 0 unspecified atom stereocenters. The standard InChI is InChI=1S/C14H20ClNO3S/c1-3-19-9-14(8-16)12(13(14)20(2,17)18)10-5-4-6-11(15)7-10/h4-7,12-13H,3,8-9,16H2,1-2H3/t12-,13-,14+/m0/s1. The first-order chi connectivity index (χ1) is 9.36. The number of hydrogen-bond acceptors (Lipinski definition) is 4. The molecule has 0 aliphatic heterocycles. The van der Waals surface area contributed by atoms with Gasteiger partial charge in [0.2, 0.25) is 0 Å². The first kappa shape index (κ1) is 15.8. The number of benzene rings is 1. The lowest BCUT2D eigenvalue weighted by atomic mass is 10.00. The van der Waals surface area contributed by atoms with E-state index in [1.165, 1.54) is 6.26 Å². The minimum absolute atomic E-state index is 0.146. The smallest absolute Gasteiger partial charge is 0.151 e. The van der Waals surface area contributed by atoms with E-state index in [4.69, 9.17) is 22.1 Å². The number of sulfone groups is 1. The summed E-state index contributed by atoms with van der Waals surface area (Å²) in [7, 11) is -3.19. The average Bonchev–Trinajstić information content (AvgIpc) is 3.06. The Bertz CT molecular complexity index is 590. The third-order valence-corrected chi connectivity index (χ3v) is 5.90. The Kier molecular flexibility index (Phi) is 4.44. The Morgan fingerprint density at radius 3 is 2.65 bits per heavy atom. The lowest BCUT2D eigenvalue weighted by molar-refractivity contribution is 0.101. The monoisotopic (exact) mass is 317 g/mol. The quantitative estimate of drug-likeness (QED) is 0.869. The van der Waals surface area contributed by atoms with Gasteiger partial charge in [-0.25, -0.2) is 8.42 Å². The lowest BCUT2D eigenvalue weighted by Gasteiger charge is -2.15. The van der Waals surface area contributed by atoms with Gasteiger partial charge < -0.3 is 10.5 Å². The number of hydrogen-bond donors (Lipinski definition) is 1. The van der Waals surface area contributed by atoms with E-state index in [1.807, 2.05) is 25.1 Å². The van der Waals surface area contributed by atoms with E-state index in [0.29, 0.717) is 18.2 Å². The summed E-state index contributed by atoms with van der Waals surface area (Å²) in [5.41, 5.74) is 6.27. The highest BCUT2D eigenvalue weighted by atomic mass is 35.5. The van der Waals surface area contributed by atoms with Crippen LogP contribution in [0.5, 0.6) is 0 Å². The van der Waals surface area contributed by atoms with Crippen LogP contribution in [0, 0.1) is 5.41 Å². The van der Waals surface area contributed by atoms with Crippen LogP contribution in [-0.2, 0) is 14.6 Å². The van der Waals surface area contributed by atoms with Crippen LogP contribution in [0.25, 0.3) is 0 Å². The summed E-state index contributed by atoms with van der Waals surface area (Å²) in [6.07, 6.45) is 1.26. The topological polar surface area (TPSA) is 69.4 Å². The summed E-state index contributed by atoms with van der Waals surface area (Å²) >= 11 is 6.01. The second-order valence-electron chi connectivity index (χ2n) is 5.36. The van der Waals surface area contributed by atoms with Crippen molar-refractivity contribution in [3.8, 4) is 0 Å². The molecule has 0 radical (unpaired) electrons. The highest BCUT2D eigenvalue weighted by molar-refractivity contribution is 7.91. The van der Waals surface area contributed by atoms with Crippen LogP contribution in [0.3, 0.4) is 0 Å². The Morgan fingerprint density at radius 1 is 1.45 bits per heavy atom. The predicted molar refractivity (Wildman–Crippen MR) is 80.8 cm³/mol. The van der Waals surface area contributed by atoms with Crippen molar-refractivity contribution in [3.05, 3.63) is 34.9 Å². The van der Waals surface area contributed by atoms with E-state index in [-0.39, 0.29) is 12.5 Å². The maximum Gasteiger partial charge on any atom is 0.151 e. The summed E-state index contributed by atoms with van der Waals surface area (Å²) < 4.78 is 29.6. The van der Waals surface area contributed by atoms with Crippen molar-refractivity contribution in [2.45, 2.75) is 18.1 Å². The van der Waals surface area contributed by atoms with Gasteiger partial charge in [-0.15, -0.1) is 0 Å². The molecule has 2 rings (SSSR count). The maximum atomic E-state index is 12.1. The molecule has 1 aliphatic rings. The molecule has 3 atom stereocenters. The van der Waals surface area contributed by atoms with Crippen LogP contribution in [0.15, 0.2) is 24.3 Å². The number of nitrogens with two attached hydrogens (primary N) is 1. The normalized spacial score (nSPS) is 29.4. The van der Waals surface area contributed by atoms with E-state index in [0.717, 1.165) is 5.56 Å². The van der Waals surface area contributed by atoms with E-state index in [9.17, 15) is 8.42 Å². The average molecular weight is 318 g/mol. The zero-order valence-corrected chi connectivity index (χ0v) is 13.2. The van der Waals surface area contributed by atoms with E-state index >= 15 is 0 Å². The summed E-state index contributed by atoms with van der Waals surface area (Å²) in [5, 5.41) is 0.106. The summed E-state index contributed by atoms with van der Waals surface area (Å²) in [6.45, 7) is 3.06. The van der Waals surface area contributed by atoms with Crippen molar-refractivity contribution in [1.82, 2.24) is 0 Å². The molecule has 20 heavy (non-hydrogen) atoms. The molecule has 0 bridgehead atoms. The summed E-state index contributed by atoms with van der Waals surface area (Å²) in [6, 6.07) is 7.32. The van der Waals surface area contributed by atoms with Crippen molar-refractivity contribution < 1.29 is 13.2 Å². The van der Waals surface area contributed by atoms with Crippen molar-refractivity contribution in [3.63, 3.8) is 0 Å². The molecule has 1 fully saturated rings. The van der Waals surface area contributed by atoms with Gasteiger partial charge in [-0.05, 0) is 24.6 Å². The molecule has 0 saturated heterocycles. The predicted octanol–water partition coefficient (Wildman–Crippen LogP) is 1.83. The second-order valence-corrected chi connectivity index (χ2v) is 7.96. The highest BCUT2D eigenvalue weighted by Crippen LogP contribution is 2.62. The molecular weight excluding hydrogens is 298 g/mol. The molecular formula is C14H20ClNO3S. The largest absolute Gasteiger partial charge is 0.381 e. The Hall–Kier alpha value is -0.620. The Morgan fingerprint density at radius 2 is 2.15 bits per heavy atom. The number of ether oxygens (including phenoxy) is 1. The first-order valence-corrected chi connectivity index (χ1v) is 8.92. The van der Waals surface area contributed by atoms with Crippen molar-refractivity contribution in [1.29, 1.82) is 0 Å². The SMILES string of the molecule is CCOC[C@]1(CN)[C@@H](c2cccc(Cl)c2)[C@@H]1S(C)(=O)=O. The van der Waals surface area contributed by atoms with E-state index < -0.39 is 20.5 Å². The van der Waals surface area contributed by atoms with Gasteiger partial charge in [0.15, 0.2) is 9.84 Å². The molecule has 112 valence electrons. The minimum Gasteiger partial charge on any atom is -0.381 e. The lowest BCUT2D eigenvalue weighted by Crippen LogP contribution is -2.28. The van der Waals surface area contributed by atoms with Gasteiger partial charge in [0, 0.05) is 35.8 Å². The molecule has 1 aromatic carbocycles.